The molecule has 126 valence electrons. The molecule has 1 amide bonds. The zero-order valence-corrected chi connectivity index (χ0v) is 14.0. The number of nitrogens with one attached hydrogen (secondary N) is 1. The van der Waals surface area contributed by atoms with Gasteiger partial charge in [0.15, 0.2) is 18.1 Å². The van der Waals surface area contributed by atoms with Crippen molar-refractivity contribution in [1.82, 2.24) is 5.32 Å². The highest BCUT2D eigenvalue weighted by atomic mass is 35.5. The van der Waals surface area contributed by atoms with Gasteiger partial charge in [-0.1, -0.05) is 29.8 Å². The quantitative estimate of drug-likeness (QED) is 0.901. The fourth-order valence-electron chi connectivity index (χ4n) is 2.40. The summed E-state index contributed by atoms with van der Waals surface area (Å²) in [5, 5.41) is 3.37. The molecule has 0 saturated heterocycles. The van der Waals surface area contributed by atoms with E-state index in [1.807, 2.05) is 25.1 Å². The first kappa shape index (κ1) is 16.5. The smallest absolute Gasteiger partial charge is 0.258 e. The van der Waals surface area contributed by atoms with Crippen molar-refractivity contribution < 1.29 is 19.0 Å². The summed E-state index contributed by atoms with van der Waals surface area (Å²) in [6.07, 6.45) is 0. The fraction of sp³-hybridized carbons (Fsp3) is 0.278. The highest BCUT2D eigenvalue weighted by Crippen LogP contribution is 2.32. The minimum absolute atomic E-state index is 0.0986. The summed E-state index contributed by atoms with van der Waals surface area (Å²) in [6, 6.07) is 12.5. The number of halogens is 1. The van der Waals surface area contributed by atoms with Crippen LogP contribution in [0, 0.1) is 0 Å². The number of benzene rings is 2. The highest BCUT2D eigenvalue weighted by molar-refractivity contribution is 6.32. The molecule has 0 radical (unpaired) electrons. The van der Waals surface area contributed by atoms with Crippen LogP contribution in [0.1, 0.15) is 18.5 Å². The highest BCUT2D eigenvalue weighted by Gasteiger charge is 2.16. The molecule has 0 fully saturated rings. The SMILES string of the molecule is C[C@@H](NC(=O)COc1ccccc1Cl)c1ccc2c(c1)OCCO2. The molecule has 5 nitrogen and oxygen atoms in total. The maximum atomic E-state index is 12.1. The lowest BCUT2D eigenvalue weighted by Gasteiger charge is -2.21. The van der Waals surface area contributed by atoms with Crippen molar-refractivity contribution in [2.45, 2.75) is 13.0 Å². The van der Waals surface area contributed by atoms with Gasteiger partial charge in [-0.05, 0) is 36.8 Å². The Morgan fingerprint density at radius 2 is 1.96 bits per heavy atom. The van der Waals surface area contributed by atoms with Gasteiger partial charge in [0, 0.05) is 0 Å². The Balaban J connectivity index is 1.57. The third-order valence-corrected chi connectivity index (χ3v) is 3.95. The molecule has 2 aromatic carbocycles. The molecule has 0 spiro atoms. The number of carbonyl (C=O) groups is 1. The van der Waals surface area contributed by atoms with Gasteiger partial charge < -0.3 is 19.5 Å². The van der Waals surface area contributed by atoms with E-state index in [-0.39, 0.29) is 18.6 Å². The summed E-state index contributed by atoms with van der Waals surface area (Å²) < 4.78 is 16.5. The molecule has 0 bridgehead atoms. The van der Waals surface area contributed by atoms with Crippen molar-refractivity contribution in [1.29, 1.82) is 0 Å². The third-order valence-electron chi connectivity index (χ3n) is 3.64. The molecular weight excluding hydrogens is 330 g/mol. The maximum Gasteiger partial charge on any atom is 0.258 e. The summed E-state index contributed by atoms with van der Waals surface area (Å²) >= 11 is 5.99. The molecular formula is C18H18ClNO4. The number of carbonyl (C=O) groups excluding carboxylic acids is 1. The second-order valence-electron chi connectivity index (χ2n) is 5.41. The number of fused-ring (bicyclic) bond motifs is 1. The van der Waals surface area contributed by atoms with Gasteiger partial charge in [-0.3, -0.25) is 4.79 Å². The number of rotatable bonds is 5. The first-order valence-corrected chi connectivity index (χ1v) is 8.07. The predicted molar refractivity (Wildman–Crippen MR) is 90.9 cm³/mol. The van der Waals surface area contributed by atoms with E-state index < -0.39 is 0 Å². The van der Waals surface area contributed by atoms with E-state index in [2.05, 4.69) is 5.32 Å². The first-order chi connectivity index (χ1) is 11.6. The van der Waals surface area contributed by atoms with Crippen LogP contribution >= 0.6 is 11.6 Å². The van der Waals surface area contributed by atoms with Crippen LogP contribution in [0.5, 0.6) is 17.2 Å². The molecule has 1 N–H and O–H groups in total. The van der Waals surface area contributed by atoms with Gasteiger partial charge in [-0.25, -0.2) is 0 Å². The summed E-state index contributed by atoms with van der Waals surface area (Å²) in [7, 11) is 0. The van der Waals surface area contributed by atoms with E-state index in [0.717, 1.165) is 11.3 Å². The van der Waals surface area contributed by atoms with E-state index in [4.69, 9.17) is 25.8 Å². The lowest BCUT2D eigenvalue weighted by atomic mass is 10.1. The van der Waals surface area contributed by atoms with Crippen LogP contribution in [0.3, 0.4) is 0 Å². The molecule has 0 unspecified atom stereocenters. The standard InChI is InChI=1S/C18H18ClNO4/c1-12(13-6-7-16-17(10-13)23-9-8-22-16)20-18(21)11-24-15-5-3-2-4-14(15)19/h2-7,10,12H,8-9,11H2,1H3,(H,20,21)/t12-/m1/s1. The van der Waals surface area contributed by atoms with Gasteiger partial charge in [0.25, 0.3) is 5.91 Å². The van der Waals surface area contributed by atoms with Gasteiger partial charge in [0.05, 0.1) is 11.1 Å². The number of para-hydroxylation sites is 1. The molecule has 1 aliphatic rings. The topological polar surface area (TPSA) is 56.8 Å². The van der Waals surface area contributed by atoms with Gasteiger partial charge in [-0.15, -0.1) is 0 Å². The van der Waals surface area contributed by atoms with Crippen LogP contribution in [0.25, 0.3) is 0 Å². The van der Waals surface area contributed by atoms with Crippen LogP contribution in [0.2, 0.25) is 5.02 Å². The minimum Gasteiger partial charge on any atom is -0.486 e. The van der Waals surface area contributed by atoms with Crippen molar-refractivity contribution in [3.63, 3.8) is 0 Å². The molecule has 1 aliphatic heterocycles. The normalized spacial score (nSPS) is 13.9. The Kier molecular flexibility index (Phi) is 5.11. The fourth-order valence-corrected chi connectivity index (χ4v) is 2.59. The molecule has 0 saturated carbocycles. The molecule has 3 rings (SSSR count). The molecule has 0 aromatic heterocycles. The van der Waals surface area contributed by atoms with Crippen LogP contribution in [0.15, 0.2) is 42.5 Å². The van der Waals surface area contributed by atoms with Crippen molar-refractivity contribution in [3.8, 4) is 17.2 Å². The Labute approximate surface area is 145 Å². The minimum atomic E-state index is -0.225. The summed E-state index contributed by atoms with van der Waals surface area (Å²) in [6.45, 7) is 2.89. The molecule has 1 atom stereocenters. The summed E-state index contributed by atoms with van der Waals surface area (Å²) in [5.74, 6) is 1.69. The van der Waals surface area contributed by atoms with Crippen molar-refractivity contribution in [2.75, 3.05) is 19.8 Å². The van der Waals surface area contributed by atoms with Crippen LogP contribution in [-0.2, 0) is 4.79 Å². The maximum absolute atomic E-state index is 12.1. The van der Waals surface area contributed by atoms with Crippen LogP contribution < -0.4 is 19.5 Å². The van der Waals surface area contributed by atoms with Gasteiger partial charge in [-0.2, -0.15) is 0 Å². The second kappa shape index (κ2) is 7.45. The summed E-state index contributed by atoms with van der Waals surface area (Å²) in [4.78, 5) is 12.1. The molecule has 6 heteroatoms. The van der Waals surface area contributed by atoms with Gasteiger partial charge in [0.1, 0.15) is 19.0 Å². The predicted octanol–water partition coefficient (Wildman–Crippen LogP) is 3.37. The zero-order chi connectivity index (χ0) is 16.9. The number of hydrogen-bond donors (Lipinski definition) is 1. The Morgan fingerprint density at radius 3 is 2.75 bits per heavy atom. The van der Waals surface area contributed by atoms with E-state index in [1.165, 1.54) is 0 Å². The largest absolute Gasteiger partial charge is 0.486 e. The molecule has 0 aliphatic carbocycles. The van der Waals surface area contributed by atoms with E-state index >= 15 is 0 Å². The molecule has 1 heterocycles. The first-order valence-electron chi connectivity index (χ1n) is 7.70. The van der Waals surface area contributed by atoms with Crippen molar-refractivity contribution in [3.05, 3.63) is 53.1 Å². The second-order valence-corrected chi connectivity index (χ2v) is 5.82. The van der Waals surface area contributed by atoms with Crippen molar-refractivity contribution in [2.24, 2.45) is 0 Å². The van der Waals surface area contributed by atoms with E-state index in [1.54, 1.807) is 24.3 Å². The third kappa shape index (κ3) is 3.92. The monoisotopic (exact) mass is 347 g/mol. The average Bonchev–Trinajstić information content (AvgIpc) is 2.60. The Morgan fingerprint density at radius 1 is 1.21 bits per heavy atom. The van der Waals surface area contributed by atoms with E-state index in [0.29, 0.717) is 29.7 Å². The zero-order valence-electron chi connectivity index (χ0n) is 13.3. The molecule has 24 heavy (non-hydrogen) atoms. The van der Waals surface area contributed by atoms with Crippen molar-refractivity contribution >= 4 is 17.5 Å². The molecule has 2 aromatic rings. The number of amides is 1. The van der Waals surface area contributed by atoms with Crippen LogP contribution in [-0.4, -0.2) is 25.7 Å². The number of ether oxygens (including phenoxy) is 3. The Hall–Kier alpha value is -2.40. The lowest BCUT2D eigenvalue weighted by molar-refractivity contribution is -0.123. The van der Waals surface area contributed by atoms with Gasteiger partial charge >= 0.3 is 0 Å². The lowest BCUT2D eigenvalue weighted by Crippen LogP contribution is -2.31. The number of hydrogen-bond acceptors (Lipinski definition) is 4. The summed E-state index contributed by atoms with van der Waals surface area (Å²) in [5.41, 5.74) is 0.936. The average molecular weight is 348 g/mol. The van der Waals surface area contributed by atoms with E-state index in [9.17, 15) is 4.79 Å². The van der Waals surface area contributed by atoms with Crippen LogP contribution in [0.4, 0.5) is 0 Å². The Bertz CT molecular complexity index is 735. The van der Waals surface area contributed by atoms with Gasteiger partial charge in [0.2, 0.25) is 0 Å².